The van der Waals surface area contributed by atoms with Gasteiger partial charge in [0.25, 0.3) is 0 Å². The van der Waals surface area contributed by atoms with Crippen molar-refractivity contribution < 1.29 is 116 Å². The maximum atomic E-state index is 14.3. The predicted molar refractivity (Wildman–Crippen MR) is 311 cm³/mol. The third kappa shape index (κ3) is 23.3. The van der Waals surface area contributed by atoms with Crippen LogP contribution in [0, 0.1) is 5.41 Å². The highest BCUT2D eigenvalue weighted by Gasteiger charge is 2.62. The van der Waals surface area contributed by atoms with Gasteiger partial charge in [0.1, 0.15) is 47.6 Å². The Morgan fingerprint density at radius 1 is 0.580 bits per heavy atom. The average molecular weight is 1410 g/mol. The van der Waals surface area contributed by atoms with E-state index in [9.17, 15) is 98.0 Å². The molecule has 3 saturated heterocycles. The lowest BCUT2D eigenvalue weighted by atomic mass is 10.00. The number of carbonyl (C=O) groups is 1. The fourth-order valence-corrected chi connectivity index (χ4v) is 21.7. The Labute approximate surface area is 503 Å². The van der Waals surface area contributed by atoms with Gasteiger partial charge in [-0.3, -0.25) is 36.8 Å². The van der Waals surface area contributed by atoms with Gasteiger partial charge in [-0.25, -0.2) is 14.4 Å². The van der Waals surface area contributed by atoms with Crippen LogP contribution in [0.4, 0.5) is 43.8 Å². The first-order valence-electron chi connectivity index (χ1n) is 25.5. The number of thioether (sulfide) groups is 1. The lowest BCUT2D eigenvalue weighted by Crippen LogP contribution is -2.41. The summed E-state index contributed by atoms with van der Waals surface area (Å²) in [6.07, 6.45) is -14.9. The molecular weight excluding hydrogens is 1340 g/mol. The number of rotatable bonds is 20. The summed E-state index contributed by atoms with van der Waals surface area (Å²) in [6, 6.07) is 3.30. The molecule has 3 aromatic rings. The second-order valence-corrected chi connectivity index (χ2v) is 40.5. The van der Waals surface area contributed by atoms with Crippen molar-refractivity contribution in [3.05, 3.63) is 68.2 Å². The molecule has 0 aliphatic carbocycles. The van der Waals surface area contributed by atoms with E-state index in [4.69, 9.17) is 40.8 Å². The molecule has 0 saturated carbocycles. The van der Waals surface area contributed by atoms with Gasteiger partial charge in [-0.05, 0) is 51.3 Å². The summed E-state index contributed by atoms with van der Waals surface area (Å²) in [5.74, 6) is -13.2. The van der Waals surface area contributed by atoms with Crippen molar-refractivity contribution in [2.75, 3.05) is 100 Å². The van der Waals surface area contributed by atoms with Crippen LogP contribution in [0.1, 0.15) is 52.8 Å². The number of hydrogen-bond donors (Lipinski definition) is 9. The molecule has 12 N–H and O–H groups in total. The van der Waals surface area contributed by atoms with Gasteiger partial charge < -0.3 is 84.1 Å². The van der Waals surface area contributed by atoms with Crippen molar-refractivity contribution in [1.82, 2.24) is 28.7 Å². The molecule has 13 atom stereocenters. The second kappa shape index (κ2) is 30.1. The first kappa shape index (κ1) is 78.8. The number of hydrogen-bond acceptors (Lipinski definition) is 26. The average Bonchev–Trinajstić information content (AvgIpc) is 3.84. The van der Waals surface area contributed by atoms with Crippen LogP contribution < -0.4 is 34.3 Å². The van der Waals surface area contributed by atoms with Gasteiger partial charge in [0.15, 0.2) is 23.4 Å². The smallest absolute Gasteiger partial charge is 0.351 e. The standard InChI is InChI=1S/C13H21F2N3O6P2.C12H19F2N3O7P2.C11H17F2N3O8P2.C8H16OS/c1-25(2,21)7-26(3,22)23-6-8-10(19)13(14,15)11(24-8)18-5-4-9(16)17-12(18)20;1-25(2,20)6-26(21,22)23-5-7-9(18)12(13,14)10(24-7)17-4-3-8(15)16-11(17)19;1-25(19,20)5-26(21,22)23-4-6-8(17)11(12,13)9(24-6)16-3-2-7(14)15-10(16)18;1-5-6-10-7(9)8(2,3)4/h4-5,8,10-11,19H,6-7H2,1-3H3,(H2,16,17,20);3-4,7,9-10,18H,5-6H2,1-2H3,(H,21,22)(H2,15,16,19);2-3,6,8-9,17H,4-5H2,1H3,(H,19,20)(H,21,22)(H2,14,15,18);5-6H2,1-4H3/t8-,10+,11-,26?;7-,9+,10-;6-,8+,9-;/m111./s1. The van der Waals surface area contributed by atoms with E-state index in [1.807, 2.05) is 20.8 Å². The molecule has 3 aromatic heterocycles. The van der Waals surface area contributed by atoms with Crippen LogP contribution in [0.2, 0.25) is 0 Å². The van der Waals surface area contributed by atoms with Crippen molar-refractivity contribution >= 4 is 78.5 Å². The third-order valence-electron chi connectivity index (χ3n) is 11.5. The van der Waals surface area contributed by atoms with E-state index in [-0.39, 0.29) is 28.8 Å². The molecule has 6 rings (SSSR count). The second-order valence-electron chi connectivity index (χ2n) is 22.3. The minimum atomic E-state index is -4.59. The van der Waals surface area contributed by atoms with Crippen molar-refractivity contribution in [2.45, 2.75) is 107 Å². The highest BCUT2D eigenvalue weighted by atomic mass is 32.2. The van der Waals surface area contributed by atoms with Crippen LogP contribution in [0.3, 0.4) is 0 Å². The Morgan fingerprint density at radius 2 is 0.875 bits per heavy atom. The SMILES string of the molecule is CCCSC(=O)C(C)(C)C.CP(=O)(O)CP(=O)(O)OC[C@H]1O[C@@H](n2ccc(N)nc2=O)C(F)(F)[C@H]1O.CP(C)(=O)CP(=O)(O)OC[C@H]1O[C@@H](n2ccc(N)nc2=O)C(F)(F)[C@H]1O.CP(C)(=O)CP(C)(=O)OC[C@H]1O[C@@H](n2ccc(N)nc2=O)C(F)(F)[C@H]1O. The monoisotopic (exact) mass is 1410 g/mol. The quantitative estimate of drug-likeness (QED) is 0.0565. The van der Waals surface area contributed by atoms with Crippen LogP contribution in [0.5, 0.6) is 0 Å². The predicted octanol–water partition coefficient (Wildman–Crippen LogP) is 4.21. The Balaban J connectivity index is 0.000000320. The summed E-state index contributed by atoms with van der Waals surface area (Å²) in [7, 11) is -21.8. The number of carbonyl (C=O) groups excluding carboxylic acids is 1. The van der Waals surface area contributed by atoms with Crippen LogP contribution >= 0.6 is 56.0 Å². The number of ether oxygens (including phenoxy) is 3. The number of anilines is 3. The number of nitrogens with two attached hydrogens (primary N) is 3. The zero-order valence-electron chi connectivity index (χ0n) is 48.8. The van der Waals surface area contributed by atoms with Crippen molar-refractivity contribution in [1.29, 1.82) is 0 Å². The molecule has 44 heteroatoms. The fraction of sp³-hybridized carbons (Fsp3) is 0.705. The van der Waals surface area contributed by atoms with Gasteiger partial charge in [-0.15, -0.1) is 0 Å². The molecular formula is C44H73F6N9O22P6S. The number of aromatic nitrogens is 6. The van der Waals surface area contributed by atoms with E-state index in [0.717, 1.165) is 55.6 Å². The van der Waals surface area contributed by atoms with Gasteiger partial charge >= 0.3 is 50.0 Å². The molecule has 3 fully saturated rings. The highest BCUT2D eigenvalue weighted by Crippen LogP contribution is 2.59. The van der Waals surface area contributed by atoms with Gasteiger partial charge in [-0.2, -0.15) is 41.3 Å². The molecule has 0 radical (unpaired) electrons. The van der Waals surface area contributed by atoms with Crippen LogP contribution in [0.25, 0.3) is 0 Å². The third-order valence-corrected chi connectivity index (χ3v) is 27.2. The highest BCUT2D eigenvalue weighted by molar-refractivity contribution is 8.13. The Hall–Kier alpha value is -3.46. The summed E-state index contributed by atoms with van der Waals surface area (Å²) in [5.41, 5.74) is 12.4. The van der Waals surface area contributed by atoms with Gasteiger partial charge in [0, 0.05) is 43.1 Å². The Bertz CT molecular complexity index is 3080. The summed E-state index contributed by atoms with van der Waals surface area (Å²) < 4.78 is 187. The normalized spacial score (nSPS) is 26.7. The van der Waals surface area contributed by atoms with Gasteiger partial charge in [-0.1, -0.05) is 39.5 Å². The summed E-state index contributed by atoms with van der Waals surface area (Å²) in [4.78, 5) is 84.6. The molecule has 3 aliphatic rings. The number of aliphatic hydroxyl groups excluding tert-OH is 3. The first-order chi connectivity index (χ1) is 39.7. The molecule has 504 valence electrons. The van der Waals surface area contributed by atoms with E-state index in [1.54, 1.807) is 0 Å². The van der Waals surface area contributed by atoms with E-state index in [1.165, 1.54) is 45.1 Å². The molecule has 0 aromatic carbocycles. The molecule has 0 spiro atoms. The van der Waals surface area contributed by atoms with E-state index in [0.29, 0.717) is 18.8 Å². The lowest BCUT2D eigenvalue weighted by molar-refractivity contribution is -0.141. The topological polar surface area (TPSA) is 479 Å². The van der Waals surface area contributed by atoms with Gasteiger partial charge in [0.05, 0.1) is 40.0 Å². The molecule has 3 aliphatic heterocycles. The minimum Gasteiger partial charge on any atom is -0.384 e. The molecule has 4 unspecified atom stereocenters. The Kier molecular flexibility index (Phi) is 26.9. The van der Waals surface area contributed by atoms with Crippen molar-refractivity contribution in [3.8, 4) is 0 Å². The van der Waals surface area contributed by atoms with E-state index < -0.39 is 166 Å². The molecule has 88 heavy (non-hydrogen) atoms. The number of nitrogen functional groups attached to an aromatic ring is 3. The number of aliphatic hydroxyl groups is 3. The maximum Gasteiger partial charge on any atom is 0.351 e. The number of nitrogens with zero attached hydrogens (tertiary/aromatic N) is 6. The summed E-state index contributed by atoms with van der Waals surface area (Å²) >= 11 is 1.44. The minimum absolute atomic E-state index is 0.150. The Morgan fingerprint density at radius 3 is 1.14 bits per heavy atom. The van der Waals surface area contributed by atoms with Crippen LogP contribution in [0.15, 0.2) is 51.2 Å². The maximum absolute atomic E-state index is 14.3. The number of halogens is 6. The fourth-order valence-electron chi connectivity index (χ4n) is 7.66. The molecule has 0 amide bonds. The van der Waals surface area contributed by atoms with Crippen molar-refractivity contribution in [3.63, 3.8) is 0 Å². The zero-order valence-corrected chi connectivity index (χ0v) is 55.0. The van der Waals surface area contributed by atoms with Crippen LogP contribution in [-0.2, 0) is 60.0 Å². The summed E-state index contributed by atoms with van der Waals surface area (Å²) in [6.45, 7) is 13.0. The molecule has 6 heterocycles. The molecule has 0 bridgehead atoms. The number of alkyl halides is 6. The van der Waals surface area contributed by atoms with Crippen LogP contribution in [-0.4, -0.2) is 201 Å². The molecule has 31 nitrogen and oxygen atoms in total. The van der Waals surface area contributed by atoms with Crippen molar-refractivity contribution in [2.24, 2.45) is 5.41 Å². The van der Waals surface area contributed by atoms with E-state index in [2.05, 4.69) is 30.9 Å². The lowest BCUT2D eigenvalue weighted by Gasteiger charge is -2.21. The summed E-state index contributed by atoms with van der Waals surface area (Å²) in [5, 5.41) is 29.7. The first-order valence-corrected chi connectivity index (χ1v) is 40.2. The van der Waals surface area contributed by atoms with E-state index >= 15 is 0 Å². The largest absolute Gasteiger partial charge is 0.384 e. The zero-order chi connectivity index (χ0) is 67.9. The van der Waals surface area contributed by atoms with Gasteiger partial charge in [0.2, 0.25) is 33.4 Å².